The summed E-state index contributed by atoms with van der Waals surface area (Å²) < 4.78 is 5.54. The molecule has 2 amide bonds. The first-order valence-electron chi connectivity index (χ1n) is 14.6. The number of rotatable bonds is 8. The molecule has 1 heterocycles. The van der Waals surface area contributed by atoms with E-state index in [0.29, 0.717) is 41.5 Å². The van der Waals surface area contributed by atoms with Crippen LogP contribution in [-0.2, 0) is 25.7 Å². The summed E-state index contributed by atoms with van der Waals surface area (Å²) >= 11 is 12.6. The molecule has 0 aromatic heterocycles. The van der Waals surface area contributed by atoms with E-state index >= 15 is 0 Å². The number of allylic oxidation sites excluding steroid dienone is 1. The topological polar surface area (TPSA) is 75.7 Å². The van der Waals surface area contributed by atoms with Crippen LogP contribution >= 0.6 is 23.2 Å². The molecule has 210 valence electrons. The predicted octanol–water partition coefficient (Wildman–Crippen LogP) is 6.29. The lowest BCUT2D eigenvalue weighted by Gasteiger charge is -2.57. The summed E-state index contributed by atoms with van der Waals surface area (Å²) in [6, 6.07) is 5.21. The van der Waals surface area contributed by atoms with Crippen molar-refractivity contribution in [2.75, 3.05) is 13.2 Å². The third kappa shape index (κ3) is 5.01. The molecule has 6 nitrogen and oxygen atoms in total. The van der Waals surface area contributed by atoms with Gasteiger partial charge in [-0.25, -0.2) is 0 Å². The molecule has 39 heavy (non-hydrogen) atoms. The van der Waals surface area contributed by atoms with E-state index in [1.807, 2.05) is 6.08 Å². The zero-order chi connectivity index (χ0) is 27.4. The van der Waals surface area contributed by atoms with Crippen LogP contribution in [0.15, 0.2) is 30.0 Å². The van der Waals surface area contributed by atoms with E-state index in [1.54, 1.807) is 30.0 Å². The van der Waals surface area contributed by atoms with Crippen molar-refractivity contribution < 1.29 is 19.1 Å². The van der Waals surface area contributed by atoms with Crippen molar-refractivity contribution in [3.63, 3.8) is 0 Å². The van der Waals surface area contributed by atoms with Crippen LogP contribution < -0.4 is 5.32 Å². The number of benzene rings is 1. The quantitative estimate of drug-likeness (QED) is 0.371. The highest BCUT2D eigenvalue weighted by molar-refractivity contribution is 6.35. The van der Waals surface area contributed by atoms with Crippen LogP contribution in [0.4, 0.5) is 0 Å². The van der Waals surface area contributed by atoms with E-state index < -0.39 is 11.3 Å². The number of halogens is 2. The average molecular weight is 574 g/mol. The van der Waals surface area contributed by atoms with E-state index in [2.05, 4.69) is 5.32 Å². The Balaban J connectivity index is 1.20. The van der Waals surface area contributed by atoms with E-state index in [1.165, 1.54) is 38.5 Å². The van der Waals surface area contributed by atoms with Gasteiger partial charge < -0.3 is 15.0 Å². The van der Waals surface area contributed by atoms with Gasteiger partial charge in [0.05, 0.1) is 13.2 Å². The molecule has 2 atom stereocenters. The number of carbonyl (C=O) groups is 3. The zero-order valence-electron chi connectivity index (χ0n) is 22.6. The Morgan fingerprint density at radius 2 is 1.77 bits per heavy atom. The van der Waals surface area contributed by atoms with Crippen molar-refractivity contribution in [3.05, 3.63) is 45.6 Å². The number of likely N-dealkylation sites (tertiary alicyclic amines) is 1. The lowest BCUT2D eigenvalue weighted by molar-refractivity contribution is -0.161. The van der Waals surface area contributed by atoms with Crippen LogP contribution in [0, 0.1) is 34.5 Å². The Bertz CT molecular complexity index is 1180. The Kier molecular flexibility index (Phi) is 7.24. The van der Waals surface area contributed by atoms with Gasteiger partial charge >= 0.3 is 5.97 Å². The monoisotopic (exact) mass is 572 g/mol. The van der Waals surface area contributed by atoms with E-state index in [0.717, 1.165) is 23.3 Å². The lowest BCUT2D eigenvalue weighted by Crippen LogP contribution is -2.53. The van der Waals surface area contributed by atoms with Crippen LogP contribution in [0.5, 0.6) is 0 Å². The van der Waals surface area contributed by atoms with Crippen molar-refractivity contribution in [2.45, 2.75) is 77.7 Å². The van der Waals surface area contributed by atoms with Gasteiger partial charge in [0.2, 0.25) is 11.8 Å². The van der Waals surface area contributed by atoms with Crippen LogP contribution in [0.1, 0.15) is 76.7 Å². The third-order valence-corrected chi connectivity index (χ3v) is 10.8. The highest BCUT2D eigenvalue weighted by Gasteiger charge is 2.56. The number of carbonyl (C=O) groups excluding carboxylic acids is 3. The summed E-state index contributed by atoms with van der Waals surface area (Å²) in [6.07, 6.45) is 11.3. The molecular formula is C31H38Cl2N2O4. The van der Waals surface area contributed by atoms with Crippen molar-refractivity contribution in [1.82, 2.24) is 10.2 Å². The molecule has 4 bridgehead atoms. The molecule has 1 N–H and O–H groups in total. The SMILES string of the molecule is CCOC(=O)[C@]12CCC=C1N(Cc1ccc(Cl)cc1Cl)C(=O)[C@H](CC(=O)NCC13CC4CC(CC(C4)C1)C3)C2. The first-order chi connectivity index (χ1) is 18.7. The maximum absolute atomic E-state index is 13.9. The van der Waals surface area contributed by atoms with Gasteiger partial charge in [0.25, 0.3) is 0 Å². The predicted molar refractivity (Wildman–Crippen MR) is 150 cm³/mol. The Morgan fingerprint density at radius 1 is 1.08 bits per heavy atom. The second kappa shape index (κ2) is 10.4. The van der Waals surface area contributed by atoms with Gasteiger partial charge in [-0.05, 0) is 106 Å². The van der Waals surface area contributed by atoms with E-state index in [4.69, 9.17) is 27.9 Å². The lowest BCUT2D eigenvalue weighted by atomic mass is 9.49. The largest absolute Gasteiger partial charge is 0.465 e. The Morgan fingerprint density at radius 3 is 2.41 bits per heavy atom. The number of fused-ring (bicyclic) bond motifs is 1. The van der Waals surface area contributed by atoms with Crippen molar-refractivity contribution in [2.24, 2.45) is 34.5 Å². The second-order valence-electron chi connectivity index (χ2n) is 12.9. The van der Waals surface area contributed by atoms with Gasteiger partial charge in [-0.2, -0.15) is 0 Å². The van der Waals surface area contributed by atoms with Crippen molar-refractivity contribution in [1.29, 1.82) is 0 Å². The van der Waals surface area contributed by atoms with Gasteiger partial charge in [0.15, 0.2) is 0 Å². The average Bonchev–Trinajstić information content (AvgIpc) is 3.31. The summed E-state index contributed by atoms with van der Waals surface area (Å²) in [7, 11) is 0. The molecule has 7 rings (SSSR count). The Labute approximate surface area is 240 Å². The third-order valence-electron chi connectivity index (χ3n) is 10.2. The van der Waals surface area contributed by atoms with Gasteiger partial charge in [-0.1, -0.05) is 35.3 Å². The number of hydrogen-bond acceptors (Lipinski definition) is 4. The number of esters is 1. The van der Waals surface area contributed by atoms with E-state index in [-0.39, 0.29) is 42.8 Å². The highest BCUT2D eigenvalue weighted by atomic mass is 35.5. The molecule has 4 saturated carbocycles. The fourth-order valence-corrected chi connectivity index (χ4v) is 9.46. The molecule has 5 aliphatic carbocycles. The standard InChI is InChI=1S/C31H38Cl2N2O4/c1-2-39-29(38)31-7-3-4-26(31)35(17-22-5-6-24(32)12-25(22)33)28(37)23(16-31)11-27(36)34-18-30-13-19-8-20(14-30)10-21(9-19)15-30/h4-6,12,19-21,23H,2-3,7-11,13-18H2,1H3,(H,34,36)/t19?,20?,21?,23-,30?,31+/m1/s1. The molecule has 1 saturated heterocycles. The zero-order valence-corrected chi connectivity index (χ0v) is 24.2. The summed E-state index contributed by atoms with van der Waals surface area (Å²) in [5.74, 6) is 1.30. The summed E-state index contributed by atoms with van der Waals surface area (Å²) in [5.41, 5.74) is 0.730. The van der Waals surface area contributed by atoms with Gasteiger partial charge in [0, 0.05) is 34.6 Å². The number of hydrogen-bond donors (Lipinski definition) is 1. The summed E-state index contributed by atoms with van der Waals surface area (Å²) in [4.78, 5) is 42.3. The van der Waals surface area contributed by atoms with Crippen LogP contribution in [0.25, 0.3) is 0 Å². The smallest absolute Gasteiger partial charge is 0.318 e. The number of ether oxygens (including phenoxy) is 1. The summed E-state index contributed by atoms with van der Waals surface area (Å²) in [5, 5.41) is 4.22. The molecule has 0 unspecified atom stereocenters. The highest BCUT2D eigenvalue weighted by Crippen LogP contribution is 2.59. The summed E-state index contributed by atoms with van der Waals surface area (Å²) in [6.45, 7) is 2.98. The second-order valence-corrected chi connectivity index (χ2v) is 13.7. The normalized spacial score (nSPS) is 34.6. The molecule has 8 heteroatoms. The van der Waals surface area contributed by atoms with Gasteiger partial charge in [-0.15, -0.1) is 0 Å². The minimum Gasteiger partial charge on any atom is -0.465 e. The molecule has 1 aromatic rings. The first-order valence-corrected chi connectivity index (χ1v) is 15.4. The van der Waals surface area contributed by atoms with Gasteiger partial charge in [0.1, 0.15) is 5.41 Å². The minimum atomic E-state index is -0.923. The molecule has 0 radical (unpaired) electrons. The number of amides is 2. The van der Waals surface area contributed by atoms with E-state index in [9.17, 15) is 14.4 Å². The molecule has 1 aromatic carbocycles. The fourth-order valence-electron chi connectivity index (χ4n) is 8.99. The first kappa shape index (κ1) is 27.1. The van der Waals surface area contributed by atoms with Crippen LogP contribution in [-0.4, -0.2) is 35.8 Å². The minimum absolute atomic E-state index is 0.0739. The van der Waals surface area contributed by atoms with Crippen LogP contribution in [0.3, 0.4) is 0 Å². The number of piperidine rings is 1. The van der Waals surface area contributed by atoms with Gasteiger partial charge in [-0.3, -0.25) is 14.4 Å². The maximum atomic E-state index is 13.9. The van der Waals surface area contributed by atoms with Crippen molar-refractivity contribution in [3.8, 4) is 0 Å². The maximum Gasteiger partial charge on any atom is 0.318 e. The molecule has 0 spiro atoms. The van der Waals surface area contributed by atoms with Crippen molar-refractivity contribution >= 4 is 41.0 Å². The van der Waals surface area contributed by atoms with Crippen LogP contribution in [0.2, 0.25) is 10.0 Å². The number of nitrogens with one attached hydrogen (secondary N) is 1. The fraction of sp³-hybridized carbons (Fsp3) is 0.645. The number of nitrogens with zero attached hydrogens (tertiary/aromatic N) is 1. The molecule has 6 aliphatic rings. The molecule has 5 fully saturated rings. The molecular weight excluding hydrogens is 535 g/mol. The Hall–Kier alpha value is -2.05. The molecule has 1 aliphatic heterocycles.